The van der Waals surface area contributed by atoms with Gasteiger partial charge >= 0.3 is 6.09 Å². The van der Waals surface area contributed by atoms with E-state index in [1.807, 2.05) is 44.2 Å². The maximum atomic E-state index is 11.9. The van der Waals surface area contributed by atoms with E-state index in [1.165, 1.54) is 12.8 Å². The first-order valence-corrected chi connectivity index (χ1v) is 7.70. The molecule has 0 radical (unpaired) electrons. The van der Waals surface area contributed by atoms with Gasteiger partial charge in [-0.25, -0.2) is 4.79 Å². The predicted molar refractivity (Wildman–Crippen MR) is 84.8 cm³/mol. The molecule has 0 N–H and O–H groups in total. The minimum atomic E-state index is -0.484. The maximum Gasteiger partial charge on any atom is 0.433 e. The predicted octanol–water partition coefficient (Wildman–Crippen LogP) is 3.36. The fourth-order valence-corrected chi connectivity index (χ4v) is 2.53. The standard InChI is InChI=1S/C17H24N2O2/c1-14(2)16(15-8-4-3-5-9-15)18-17(20)21-13-12-19-10-6-7-11-19/h3-5,8-9,14H,6-7,10-13H2,1-2H3/b18-16-. The lowest BCUT2D eigenvalue weighted by atomic mass is 10.0. The van der Waals surface area contributed by atoms with Crippen molar-refractivity contribution in [3.63, 3.8) is 0 Å². The van der Waals surface area contributed by atoms with Crippen molar-refractivity contribution in [2.75, 3.05) is 26.2 Å². The Bertz CT molecular complexity index is 477. The molecule has 1 heterocycles. The number of benzene rings is 1. The van der Waals surface area contributed by atoms with Gasteiger partial charge in [0.15, 0.2) is 0 Å². The van der Waals surface area contributed by atoms with E-state index in [4.69, 9.17) is 4.74 Å². The smallest absolute Gasteiger partial charge is 0.433 e. The first-order chi connectivity index (χ1) is 10.2. The summed E-state index contributed by atoms with van der Waals surface area (Å²) in [6, 6.07) is 9.79. The van der Waals surface area contributed by atoms with E-state index in [1.54, 1.807) is 0 Å². The van der Waals surface area contributed by atoms with E-state index >= 15 is 0 Å². The van der Waals surface area contributed by atoms with Crippen molar-refractivity contribution in [1.29, 1.82) is 0 Å². The van der Waals surface area contributed by atoms with Gasteiger partial charge in [-0.05, 0) is 37.4 Å². The Morgan fingerprint density at radius 1 is 1.24 bits per heavy atom. The van der Waals surface area contributed by atoms with E-state index in [0.29, 0.717) is 6.61 Å². The summed E-state index contributed by atoms with van der Waals surface area (Å²) in [7, 11) is 0. The van der Waals surface area contributed by atoms with E-state index in [2.05, 4.69) is 9.89 Å². The van der Waals surface area contributed by atoms with Crippen LogP contribution in [0.1, 0.15) is 32.3 Å². The van der Waals surface area contributed by atoms with Crippen LogP contribution in [-0.2, 0) is 4.74 Å². The Labute approximate surface area is 126 Å². The van der Waals surface area contributed by atoms with Gasteiger partial charge in [0.05, 0.1) is 5.71 Å². The van der Waals surface area contributed by atoms with Gasteiger partial charge in [-0.1, -0.05) is 44.2 Å². The van der Waals surface area contributed by atoms with Crippen LogP contribution in [0.15, 0.2) is 35.3 Å². The van der Waals surface area contributed by atoms with E-state index in [9.17, 15) is 4.79 Å². The molecule has 0 aliphatic carbocycles. The molecule has 1 aromatic rings. The molecule has 0 atom stereocenters. The van der Waals surface area contributed by atoms with Crippen LogP contribution in [0, 0.1) is 5.92 Å². The number of amides is 1. The summed E-state index contributed by atoms with van der Waals surface area (Å²) in [6.45, 7) is 7.52. The largest absolute Gasteiger partial charge is 0.447 e. The number of aliphatic imine (C=N–C) groups is 1. The third kappa shape index (κ3) is 4.97. The summed E-state index contributed by atoms with van der Waals surface area (Å²) in [6.07, 6.45) is 2.01. The lowest BCUT2D eigenvalue weighted by Gasteiger charge is -2.14. The summed E-state index contributed by atoms with van der Waals surface area (Å²) < 4.78 is 5.24. The summed E-state index contributed by atoms with van der Waals surface area (Å²) in [5.74, 6) is 0.179. The highest BCUT2D eigenvalue weighted by atomic mass is 16.5. The topological polar surface area (TPSA) is 41.9 Å². The van der Waals surface area contributed by atoms with E-state index in [-0.39, 0.29) is 5.92 Å². The van der Waals surface area contributed by atoms with E-state index in [0.717, 1.165) is 30.9 Å². The Hall–Kier alpha value is -1.68. The van der Waals surface area contributed by atoms with Crippen LogP contribution in [0.5, 0.6) is 0 Å². The molecule has 1 aliphatic heterocycles. The second kappa shape index (κ2) is 7.93. The van der Waals surface area contributed by atoms with Crippen molar-refractivity contribution in [3.05, 3.63) is 35.9 Å². The lowest BCUT2D eigenvalue weighted by molar-refractivity contribution is 0.142. The van der Waals surface area contributed by atoms with Gasteiger partial charge in [0.2, 0.25) is 0 Å². The molecule has 4 nitrogen and oxygen atoms in total. The third-order valence-corrected chi connectivity index (χ3v) is 3.66. The van der Waals surface area contributed by atoms with Gasteiger partial charge in [-0.2, -0.15) is 4.99 Å². The molecule has 1 aliphatic rings. The summed E-state index contributed by atoms with van der Waals surface area (Å²) in [5.41, 5.74) is 1.76. The fourth-order valence-electron chi connectivity index (χ4n) is 2.53. The molecule has 0 saturated carbocycles. The molecule has 0 aromatic heterocycles. The van der Waals surface area contributed by atoms with Crippen molar-refractivity contribution >= 4 is 11.8 Å². The normalized spacial score (nSPS) is 16.4. The Morgan fingerprint density at radius 2 is 1.90 bits per heavy atom. The van der Waals surface area contributed by atoms with Gasteiger partial charge < -0.3 is 4.74 Å². The zero-order valence-corrected chi connectivity index (χ0v) is 12.9. The van der Waals surface area contributed by atoms with Gasteiger partial charge in [0.25, 0.3) is 0 Å². The number of nitrogens with zero attached hydrogens (tertiary/aromatic N) is 2. The molecule has 21 heavy (non-hydrogen) atoms. The van der Waals surface area contributed by atoms with Crippen LogP contribution in [-0.4, -0.2) is 42.9 Å². The first-order valence-electron chi connectivity index (χ1n) is 7.70. The lowest BCUT2D eigenvalue weighted by Crippen LogP contribution is -2.25. The molecule has 0 bridgehead atoms. The minimum absolute atomic E-state index is 0.179. The number of carbonyl (C=O) groups is 1. The van der Waals surface area contributed by atoms with Crippen LogP contribution in [0.2, 0.25) is 0 Å². The molecule has 1 amide bonds. The molecule has 2 rings (SSSR count). The number of hydrogen-bond donors (Lipinski definition) is 0. The summed E-state index contributed by atoms with van der Waals surface area (Å²) in [5, 5.41) is 0. The number of hydrogen-bond acceptors (Lipinski definition) is 3. The van der Waals surface area contributed by atoms with Gasteiger partial charge in [-0.3, -0.25) is 4.90 Å². The number of likely N-dealkylation sites (tertiary alicyclic amines) is 1. The Morgan fingerprint density at radius 3 is 2.52 bits per heavy atom. The van der Waals surface area contributed by atoms with Gasteiger partial charge in [0, 0.05) is 6.54 Å². The molecule has 0 spiro atoms. The molecule has 4 heteroatoms. The van der Waals surface area contributed by atoms with Crippen molar-refractivity contribution in [3.8, 4) is 0 Å². The van der Waals surface area contributed by atoms with Crippen LogP contribution in [0.4, 0.5) is 4.79 Å². The quantitative estimate of drug-likeness (QED) is 0.780. The number of ether oxygens (including phenoxy) is 1. The van der Waals surface area contributed by atoms with Crippen molar-refractivity contribution in [1.82, 2.24) is 4.90 Å². The average Bonchev–Trinajstić information content (AvgIpc) is 2.98. The summed E-state index contributed by atoms with van der Waals surface area (Å²) in [4.78, 5) is 18.3. The fraction of sp³-hybridized carbons (Fsp3) is 0.529. The first kappa shape index (κ1) is 15.7. The highest BCUT2D eigenvalue weighted by Gasteiger charge is 2.13. The molecule has 114 valence electrons. The average molecular weight is 288 g/mol. The van der Waals surface area contributed by atoms with E-state index < -0.39 is 6.09 Å². The van der Waals surface area contributed by atoms with Gasteiger partial charge in [0.1, 0.15) is 6.61 Å². The van der Waals surface area contributed by atoms with Crippen LogP contribution in [0.3, 0.4) is 0 Å². The van der Waals surface area contributed by atoms with Crippen molar-refractivity contribution in [2.45, 2.75) is 26.7 Å². The summed E-state index contributed by atoms with van der Waals surface area (Å²) >= 11 is 0. The second-order valence-electron chi connectivity index (χ2n) is 5.68. The van der Waals surface area contributed by atoms with Gasteiger partial charge in [-0.15, -0.1) is 0 Å². The van der Waals surface area contributed by atoms with Crippen molar-refractivity contribution < 1.29 is 9.53 Å². The highest BCUT2D eigenvalue weighted by molar-refractivity contribution is 6.06. The van der Waals surface area contributed by atoms with Crippen LogP contribution < -0.4 is 0 Å². The SMILES string of the molecule is CC(C)/C(=N/C(=O)OCCN1CCCC1)c1ccccc1. The second-order valence-corrected chi connectivity index (χ2v) is 5.68. The zero-order chi connectivity index (χ0) is 15.1. The number of rotatable bonds is 5. The molecular formula is C17H24N2O2. The Kier molecular flexibility index (Phi) is 5.93. The van der Waals surface area contributed by atoms with Crippen molar-refractivity contribution in [2.24, 2.45) is 10.9 Å². The molecule has 1 saturated heterocycles. The zero-order valence-electron chi connectivity index (χ0n) is 12.9. The highest BCUT2D eigenvalue weighted by Crippen LogP contribution is 2.10. The molecule has 1 aromatic carbocycles. The molecule has 0 unspecified atom stereocenters. The number of carbonyl (C=O) groups excluding carboxylic acids is 1. The maximum absolute atomic E-state index is 11.9. The third-order valence-electron chi connectivity index (χ3n) is 3.66. The minimum Gasteiger partial charge on any atom is -0.447 e. The van der Waals surface area contributed by atoms with Crippen LogP contribution in [0.25, 0.3) is 0 Å². The molecule has 1 fully saturated rings. The Balaban J connectivity index is 1.90. The monoisotopic (exact) mass is 288 g/mol. The molecular weight excluding hydrogens is 264 g/mol. The van der Waals surface area contributed by atoms with Crippen LogP contribution >= 0.6 is 0 Å².